The van der Waals surface area contributed by atoms with Crippen molar-refractivity contribution in [2.75, 3.05) is 39.6 Å². The third-order valence-electron chi connectivity index (χ3n) is 17.2. The summed E-state index contributed by atoms with van der Waals surface area (Å²) in [6.45, 7) is 14.1. The van der Waals surface area contributed by atoms with Gasteiger partial charge in [0.15, 0.2) is 12.2 Å². The van der Waals surface area contributed by atoms with Gasteiger partial charge in [0.25, 0.3) is 0 Å². The van der Waals surface area contributed by atoms with Gasteiger partial charge in [-0.3, -0.25) is 37.3 Å². The standard InChI is InChI=1S/C73H142O17P2/c1-9-66(8)52-44-36-27-21-17-12-10-11-13-18-22-28-39-47-55-73(78)90-69(60-84-71(76)54-46-38-32-31-35-43-51-65(6)7)62-88-92(81,82)86-58-67(74)57-85-91(79,80)87-61-68(59-83-70(75)53-45-37-30-24-26-34-42-50-64(4)5)89-72(77)56-48-40-29-23-19-15-14-16-20-25-33-41-49-63(2)3/h63-69,74H,9-62H2,1-8H3,(H,79,80)(H,81,82)/t66?,67-,68-,69-/m1/s1. The minimum atomic E-state index is -4.95. The summed E-state index contributed by atoms with van der Waals surface area (Å²) in [7, 11) is -9.91. The van der Waals surface area contributed by atoms with Crippen molar-refractivity contribution < 1.29 is 80.2 Å². The highest BCUT2D eigenvalue weighted by atomic mass is 31.2. The Hall–Kier alpha value is -1.94. The second kappa shape index (κ2) is 62.6. The summed E-state index contributed by atoms with van der Waals surface area (Å²) >= 11 is 0. The number of aliphatic hydroxyl groups excluding tert-OH is 1. The third kappa shape index (κ3) is 65.4. The third-order valence-corrected chi connectivity index (χ3v) is 19.1. The Bertz CT molecular complexity index is 1820. The molecule has 0 saturated heterocycles. The SMILES string of the molecule is CCC(C)CCCCCCCCCCCCCCCCC(=O)O[C@H](COC(=O)CCCCCCCCC(C)C)COP(=O)(O)OC[C@H](O)COP(=O)(O)OC[C@@H](COC(=O)CCCCCCCCCC(C)C)OC(=O)CCCCCCCCCCCCCCC(C)C. The molecule has 0 aliphatic carbocycles. The van der Waals surface area contributed by atoms with Crippen LogP contribution in [0.2, 0.25) is 0 Å². The average Bonchev–Trinajstić information content (AvgIpc) is 1.60. The zero-order chi connectivity index (χ0) is 68.2. The van der Waals surface area contributed by atoms with Crippen LogP contribution in [0.1, 0.15) is 364 Å². The topological polar surface area (TPSA) is 237 Å². The lowest BCUT2D eigenvalue weighted by Gasteiger charge is -2.21. The maximum atomic E-state index is 13.0. The second-order valence-corrected chi connectivity index (χ2v) is 30.9. The number of ether oxygens (including phenoxy) is 4. The quantitative estimate of drug-likeness (QED) is 0.0222. The number of hydrogen-bond acceptors (Lipinski definition) is 15. The average molecular weight is 1350 g/mol. The van der Waals surface area contributed by atoms with E-state index in [0.717, 1.165) is 115 Å². The molecule has 0 amide bonds. The van der Waals surface area contributed by atoms with Crippen LogP contribution in [0.4, 0.5) is 0 Å². The van der Waals surface area contributed by atoms with Crippen LogP contribution in [0.3, 0.4) is 0 Å². The van der Waals surface area contributed by atoms with E-state index in [9.17, 15) is 43.2 Å². The van der Waals surface area contributed by atoms with Gasteiger partial charge in [-0.15, -0.1) is 0 Å². The maximum Gasteiger partial charge on any atom is 0.472 e. The normalized spacial score (nSPS) is 14.5. The summed E-state index contributed by atoms with van der Waals surface area (Å²) in [6.07, 6.45) is 46.0. The lowest BCUT2D eigenvalue weighted by atomic mass is 9.99. The van der Waals surface area contributed by atoms with Gasteiger partial charge < -0.3 is 33.8 Å². The van der Waals surface area contributed by atoms with E-state index in [4.69, 9.17) is 37.0 Å². The number of unbranched alkanes of at least 4 members (excludes halogenated alkanes) is 35. The number of carbonyl (C=O) groups is 4. The fourth-order valence-electron chi connectivity index (χ4n) is 11.0. The van der Waals surface area contributed by atoms with Crippen LogP contribution >= 0.6 is 15.6 Å². The highest BCUT2D eigenvalue weighted by molar-refractivity contribution is 7.47. The van der Waals surface area contributed by atoms with Gasteiger partial charge in [0, 0.05) is 25.7 Å². The van der Waals surface area contributed by atoms with Crippen molar-refractivity contribution in [3.05, 3.63) is 0 Å². The number of esters is 4. The van der Waals surface area contributed by atoms with Gasteiger partial charge in [-0.25, -0.2) is 9.13 Å². The minimum absolute atomic E-state index is 0.105. The molecule has 0 spiro atoms. The van der Waals surface area contributed by atoms with Gasteiger partial charge in [0.2, 0.25) is 0 Å². The molecule has 0 radical (unpaired) electrons. The number of aliphatic hydroxyl groups is 1. The first-order valence-electron chi connectivity index (χ1n) is 37.7. The predicted molar refractivity (Wildman–Crippen MR) is 372 cm³/mol. The molecular weight excluding hydrogens is 1210 g/mol. The summed E-state index contributed by atoms with van der Waals surface area (Å²) in [4.78, 5) is 72.6. The summed E-state index contributed by atoms with van der Waals surface area (Å²) in [5.41, 5.74) is 0. The molecule has 0 aliphatic heterocycles. The predicted octanol–water partition coefficient (Wildman–Crippen LogP) is 20.9. The van der Waals surface area contributed by atoms with Crippen LogP contribution in [0.25, 0.3) is 0 Å². The van der Waals surface area contributed by atoms with Crippen molar-refractivity contribution >= 4 is 39.5 Å². The van der Waals surface area contributed by atoms with Gasteiger partial charge in [0.05, 0.1) is 26.4 Å². The monoisotopic (exact) mass is 1350 g/mol. The van der Waals surface area contributed by atoms with E-state index in [-0.39, 0.29) is 25.7 Å². The van der Waals surface area contributed by atoms with Crippen molar-refractivity contribution in [3.8, 4) is 0 Å². The molecule has 3 N–H and O–H groups in total. The summed E-state index contributed by atoms with van der Waals surface area (Å²) in [5, 5.41) is 10.6. The maximum absolute atomic E-state index is 13.0. The van der Waals surface area contributed by atoms with E-state index in [1.54, 1.807) is 0 Å². The van der Waals surface area contributed by atoms with Gasteiger partial charge >= 0.3 is 39.5 Å². The van der Waals surface area contributed by atoms with Crippen LogP contribution in [0.15, 0.2) is 0 Å². The highest BCUT2D eigenvalue weighted by Gasteiger charge is 2.30. The molecule has 0 bridgehead atoms. The molecule has 0 heterocycles. The Morgan fingerprint density at radius 3 is 0.772 bits per heavy atom. The molecule has 17 nitrogen and oxygen atoms in total. The van der Waals surface area contributed by atoms with Crippen molar-refractivity contribution in [2.45, 2.75) is 382 Å². The lowest BCUT2D eigenvalue weighted by Crippen LogP contribution is -2.30. The van der Waals surface area contributed by atoms with E-state index in [0.29, 0.717) is 37.5 Å². The first kappa shape index (κ1) is 90.1. The van der Waals surface area contributed by atoms with Gasteiger partial charge in [-0.2, -0.15) is 0 Å². The van der Waals surface area contributed by atoms with Crippen molar-refractivity contribution in [3.63, 3.8) is 0 Å². The molecular formula is C73H142O17P2. The Morgan fingerprint density at radius 1 is 0.304 bits per heavy atom. The molecule has 546 valence electrons. The van der Waals surface area contributed by atoms with Crippen LogP contribution < -0.4 is 0 Å². The van der Waals surface area contributed by atoms with Crippen LogP contribution in [-0.2, 0) is 65.4 Å². The van der Waals surface area contributed by atoms with Crippen molar-refractivity contribution in [1.82, 2.24) is 0 Å². The van der Waals surface area contributed by atoms with Crippen molar-refractivity contribution in [2.24, 2.45) is 23.7 Å². The minimum Gasteiger partial charge on any atom is -0.462 e. The van der Waals surface area contributed by atoms with Crippen LogP contribution in [0.5, 0.6) is 0 Å². The molecule has 0 aromatic rings. The summed E-state index contributed by atoms with van der Waals surface area (Å²) < 4.78 is 68.3. The van der Waals surface area contributed by atoms with Gasteiger partial charge in [-0.05, 0) is 49.4 Å². The number of hydrogen-bond donors (Lipinski definition) is 3. The van der Waals surface area contributed by atoms with Crippen LogP contribution in [0, 0.1) is 23.7 Å². The lowest BCUT2D eigenvalue weighted by molar-refractivity contribution is -0.161. The van der Waals surface area contributed by atoms with E-state index in [2.05, 4.69) is 55.4 Å². The van der Waals surface area contributed by atoms with Crippen LogP contribution in [-0.4, -0.2) is 96.7 Å². The Labute approximate surface area is 562 Å². The van der Waals surface area contributed by atoms with Gasteiger partial charge in [0.1, 0.15) is 19.3 Å². The molecule has 19 heteroatoms. The van der Waals surface area contributed by atoms with Gasteiger partial charge in [-0.1, -0.05) is 312 Å². The Balaban J connectivity index is 5.21. The molecule has 0 aromatic heterocycles. The van der Waals surface area contributed by atoms with E-state index in [1.807, 2.05) is 0 Å². The zero-order valence-corrected chi connectivity index (χ0v) is 62.0. The molecule has 0 aromatic carbocycles. The van der Waals surface area contributed by atoms with E-state index in [1.165, 1.54) is 154 Å². The Morgan fingerprint density at radius 2 is 0.522 bits per heavy atom. The molecule has 0 saturated carbocycles. The van der Waals surface area contributed by atoms with E-state index >= 15 is 0 Å². The largest absolute Gasteiger partial charge is 0.472 e. The first-order chi connectivity index (χ1) is 44.1. The smallest absolute Gasteiger partial charge is 0.462 e. The molecule has 0 rings (SSSR count). The fourth-order valence-corrected chi connectivity index (χ4v) is 12.6. The number of phosphoric acid groups is 2. The summed E-state index contributed by atoms with van der Waals surface area (Å²) in [5.74, 6) is 0.879. The highest BCUT2D eigenvalue weighted by Crippen LogP contribution is 2.45. The molecule has 3 unspecified atom stereocenters. The number of carbonyl (C=O) groups excluding carboxylic acids is 4. The second-order valence-electron chi connectivity index (χ2n) is 28.0. The molecule has 92 heavy (non-hydrogen) atoms. The fraction of sp³-hybridized carbons (Fsp3) is 0.945. The number of rotatable bonds is 70. The van der Waals surface area contributed by atoms with E-state index < -0.39 is 97.5 Å². The molecule has 0 aliphatic rings. The first-order valence-corrected chi connectivity index (χ1v) is 40.7. The number of phosphoric ester groups is 2. The molecule has 6 atom stereocenters. The van der Waals surface area contributed by atoms with Crippen molar-refractivity contribution in [1.29, 1.82) is 0 Å². The Kier molecular flexibility index (Phi) is 61.3. The molecule has 0 fully saturated rings. The summed E-state index contributed by atoms with van der Waals surface area (Å²) in [6, 6.07) is 0. The zero-order valence-electron chi connectivity index (χ0n) is 60.2.